The molecule has 0 fully saturated rings. The summed E-state index contributed by atoms with van der Waals surface area (Å²) in [6.45, 7) is 1.05. The third kappa shape index (κ3) is 4.30. The highest BCUT2D eigenvalue weighted by Gasteiger charge is 2.60. The fourth-order valence-electron chi connectivity index (χ4n) is 5.00. The van der Waals surface area contributed by atoms with Gasteiger partial charge in [0.1, 0.15) is 5.82 Å². The highest BCUT2D eigenvalue weighted by molar-refractivity contribution is 5.81. The first-order valence-corrected chi connectivity index (χ1v) is 11.7. The first-order valence-electron chi connectivity index (χ1n) is 11.7. The van der Waals surface area contributed by atoms with Crippen LogP contribution in [-0.2, 0) is 10.3 Å². The SMILES string of the molecule is COCCNC1=CC2C(C=C1)C(C(O)(c1ccc3c(cnn3-c3ccc(F)cc3)c1)C(F)(F)F)=CN2C. The van der Waals surface area contributed by atoms with Crippen LogP contribution in [-0.4, -0.2) is 59.3 Å². The lowest BCUT2D eigenvalue weighted by Crippen LogP contribution is -2.46. The highest BCUT2D eigenvalue weighted by Crippen LogP contribution is 2.51. The molecule has 0 amide bonds. The molecule has 2 N–H and O–H groups in total. The Bertz CT molecular complexity index is 1390. The van der Waals surface area contributed by atoms with Crippen LogP contribution in [0.3, 0.4) is 0 Å². The largest absolute Gasteiger partial charge is 0.425 e. The Balaban J connectivity index is 1.52. The van der Waals surface area contributed by atoms with Gasteiger partial charge in [0.2, 0.25) is 5.60 Å². The molecule has 6 nitrogen and oxygen atoms in total. The normalized spacial score (nSPS) is 21.0. The molecule has 3 aromatic rings. The summed E-state index contributed by atoms with van der Waals surface area (Å²) in [4.78, 5) is 1.68. The van der Waals surface area contributed by atoms with E-state index in [1.807, 2.05) is 6.08 Å². The van der Waals surface area contributed by atoms with E-state index >= 15 is 0 Å². The number of likely N-dealkylation sites (N-methyl/N-ethyl adjacent to an activating group) is 1. The summed E-state index contributed by atoms with van der Waals surface area (Å²) < 4.78 is 63.9. The number of alkyl halides is 3. The van der Waals surface area contributed by atoms with Crippen LogP contribution in [0.15, 0.2) is 84.4 Å². The van der Waals surface area contributed by atoms with E-state index < -0.39 is 23.5 Å². The Kier molecular flexibility index (Phi) is 6.33. The number of fused-ring (bicyclic) bond motifs is 2. The van der Waals surface area contributed by atoms with Crippen LogP contribution >= 0.6 is 0 Å². The Morgan fingerprint density at radius 2 is 1.89 bits per heavy atom. The van der Waals surface area contributed by atoms with Crippen molar-refractivity contribution in [3.63, 3.8) is 0 Å². The van der Waals surface area contributed by atoms with E-state index in [2.05, 4.69) is 10.4 Å². The predicted molar refractivity (Wildman–Crippen MR) is 131 cm³/mol. The molecule has 1 aliphatic carbocycles. The van der Waals surface area contributed by atoms with E-state index in [1.165, 1.54) is 59.5 Å². The maximum absolute atomic E-state index is 14.7. The van der Waals surface area contributed by atoms with Crippen LogP contribution in [0.2, 0.25) is 0 Å². The highest BCUT2D eigenvalue weighted by atomic mass is 19.4. The number of benzene rings is 2. The average Bonchev–Trinajstić information content (AvgIpc) is 3.44. The number of ether oxygens (including phenoxy) is 1. The molecule has 37 heavy (non-hydrogen) atoms. The number of nitrogens with zero attached hydrogens (tertiary/aromatic N) is 3. The Morgan fingerprint density at radius 3 is 2.59 bits per heavy atom. The van der Waals surface area contributed by atoms with Gasteiger partial charge in [-0.1, -0.05) is 12.1 Å². The summed E-state index contributed by atoms with van der Waals surface area (Å²) in [5.41, 5.74) is -1.79. The minimum atomic E-state index is -4.98. The number of methoxy groups -OCH3 is 1. The van der Waals surface area contributed by atoms with Gasteiger partial charge in [0.25, 0.3) is 0 Å². The molecule has 2 heterocycles. The van der Waals surface area contributed by atoms with Crippen molar-refractivity contribution >= 4 is 10.9 Å². The third-order valence-corrected chi connectivity index (χ3v) is 6.89. The number of nitrogens with one attached hydrogen (secondary N) is 1. The van der Waals surface area contributed by atoms with Crippen molar-refractivity contribution in [3.05, 3.63) is 95.7 Å². The molecule has 10 heteroatoms. The van der Waals surface area contributed by atoms with Gasteiger partial charge >= 0.3 is 6.18 Å². The maximum atomic E-state index is 14.7. The monoisotopic (exact) mass is 514 g/mol. The molecular formula is C27H26F4N4O2. The van der Waals surface area contributed by atoms with E-state index in [0.29, 0.717) is 29.7 Å². The molecule has 0 saturated carbocycles. The summed E-state index contributed by atoms with van der Waals surface area (Å²) in [6.07, 6.45) is 3.11. The molecule has 0 spiro atoms. The van der Waals surface area contributed by atoms with Gasteiger partial charge in [0.05, 0.1) is 30.0 Å². The number of aliphatic hydroxyl groups is 1. The van der Waals surface area contributed by atoms with Crippen LogP contribution < -0.4 is 5.32 Å². The van der Waals surface area contributed by atoms with Gasteiger partial charge in [-0.15, -0.1) is 0 Å². The lowest BCUT2D eigenvalue weighted by atomic mass is 9.76. The minimum Gasteiger partial charge on any atom is -0.383 e. The average molecular weight is 515 g/mol. The van der Waals surface area contributed by atoms with Gasteiger partial charge in [0.15, 0.2) is 0 Å². The molecular weight excluding hydrogens is 488 g/mol. The molecule has 0 bridgehead atoms. The first-order chi connectivity index (χ1) is 17.6. The van der Waals surface area contributed by atoms with Gasteiger partial charge < -0.3 is 20.1 Å². The third-order valence-electron chi connectivity index (χ3n) is 6.89. The Hall–Kier alpha value is -3.63. The van der Waals surface area contributed by atoms with E-state index in [0.717, 1.165) is 5.70 Å². The van der Waals surface area contributed by atoms with E-state index in [9.17, 15) is 22.7 Å². The zero-order chi connectivity index (χ0) is 26.4. The number of allylic oxidation sites excluding steroid dienone is 1. The van der Waals surface area contributed by atoms with Crippen molar-refractivity contribution in [1.29, 1.82) is 0 Å². The number of hydrogen-bond donors (Lipinski definition) is 2. The molecule has 3 atom stereocenters. The fourth-order valence-corrected chi connectivity index (χ4v) is 5.00. The minimum absolute atomic E-state index is 0.152. The molecule has 0 radical (unpaired) electrons. The first kappa shape index (κ1) is 25.0. The Labute approximate surface area is 211 Å². The van der Waals surface area contributed by atoms with Gasteiger partial charge in [0, 0.05) is 49.5 Å². The predicted octanol–water partition coefficient (Wildman–Crippen LogP) is 4.42. The van der Waals surface area contributed by atoms with Gasteiger partial charge in [-0.25, -0.2) is 9.07 Å². The van der Waals surface area contributed by atoms with Crippen LogP contribution in [0.1, 0.15) is 5.56 Å². The molecule has 2 aromatic carbocycles. The summed E-state index contributed by atoms with van der Waals surface area (Å²) in [5.74, 6) is -1.09. The molecule has 0 saturated heterocycles. The van der Waals surface area contributed by atoms with E-state index in [4.69, 9.17) is 4.74 Å². The number of hydrogen-bond acceptors (Lipinski definition) is 5. The summed E-state index contributed by atoms with van der Waals surface area (Å²) in [5, 5.41) is 19.3. The van der Waals surface area contributed by atoms with Gasteiger partial charge in [-0.2, -0.15) is 18.3 Å². The number of aromatic nitrogens is 2. The van der Waals surface area contributed by atoms with Crippen LogP contribution in [0, 0.1) is 11.7 Å². The van der Waals surface area contributed by atoms with Crippen molar-refractivity contribution in [1.82, 2.24) is 20.0 Å². The summed E-state index contributed by atoms with van der Waals surface area (Å²) >= 11 is 0. The van der Waals surface area contributed by atoms with Crippen molar-refractivity contribution < 1.29 is 27.4 Å². The van der Waals surface area contributed by atoms with Gasteiger partial charge in [-0.05, 0) is 54.1 Å². The second kappa shape index (κ2) is 9.35. The molecule has 5 rings (SSSR count). The zero-order valence-corrected chi connectivity index (χ0v) is 20.2. The lowest BCUT2D eigenvalue weighted by Gasteiger charge is -2.36. The van der Waals surface area contributed by atoms with Crippen molar-refractivity contribution in [2.75, 3.05) is 27.3 Å². The fraction of sp³-hybridized carbons (Fsp3) is 0.296. The molecule has 2 aliphatic rings. The maximum Gasteiger partial charge on any atom is 0.425 e. The quantitative estimate of drug-likeness (QED) is 0.361. The van der Waals surface area contributed by atoms with Crippen molar-refractivity contribution in [2.45, 2.75) is 17.8 Å². The van der Waals surface area contributed by atoms with Crippen molar-refractivity contribution in [2.24, 2.45) is 5.92 Å². The summed E-state index contributed by atoms with van der Waals surface area (Å²) in [6, 6.07) is 9.31. The topological polar surface area (TPSA) is 62.5 Å². The second-order valence-electron chi connectivity index (χ2n) is 9.18. The van der Waals surface area contributed by atoms with Crippen LogP contribution in [0.25, 0.3) is 16.6 Å². The number of rotatable bonds is 7. The molecule has 3 unspecified atom stereocenters. The smallest absolute Gasteiger partial charge is 0.383 e. The van der Waals surface area contributed by atoms with Crippen molar-refractivity contribution in [3.8, 4) is 5.69 Å². The molecule has 194 valence electrons. The zero-order valence-electron chi connectivity index (χ0n) is 20.2. The Morgan fingerprint density at radius 1 is 1.14 bits per heavy atom. The standard InChI is InChI=1S/C27H26F4N4O2/c1-34-16-23(22-9-6-20(14-25(22)34)32-11-12-37-2)26(36,27(29,30)31)18-3-10-24-17(13-18)15-33-35(24)21-7-4-19(28)5-8-21/h3-10,13-16,22,25,32,36H,11-12H2,1-2H3. The number of halogens is 4. The molecule has 1 aliphatic heterocycles. The molecule has 1 aromatic heterocycles. The van der Waals surface area contributed by atoms with Crippen LogP contribution in [0.4, 0.5) is 17.6 Å². The van der Waals surface area contributed by atoms with Crippen LogP contribution in [0.5, 0.6) is 0 Å². The summed E-state index contributed by atoms with van der Waals surface area (Å²) in [7, 11) is 3.28. The van der Waals surface area contributed by atoms with Gasteiger partial charge in [-0.3, -0.25) is 0 Å². The second-order valence-corrected chi connectivity index (χ2v) is 9.18. The van der Waals surface area contributed by atoms with E-state index in [-0.39, 0.29) is 17.2 Å². The lowest BCUT2D eigenvalue weighted by molar-refractivity contribution is -0.251. The van der Waals surface area contributed by atoms with E-state index in [1.54, 1.807) is 31.2 Å².